The lowest BCUT2D eigenvalue weighted by atomic mass is 10.1. The summed E-state index contributed by atoms with van der Waals surface area (Å²) in [6.45, 7) is 0.493. The molecule has 0 aliphatic heterocycles. The first-order valence-corrected chi connectivity index (χ1v) is 8.12. The maximum absolute atomic E-state index is 11.7. The number of fused-ring (bicyclic) bond motifs is 1. The lowest BCUT2D eigenvalue weighted by molar-refractivity contribution is -0.192. The number of primary amides is 1. The summed E-state index contributed by atoms with van der Waals surface area (Å²) in [5.74, 6) is -3.19. The number of hydrogen-bond acceptors (Lipinski definition) is 3. The third-order valence-corrected chi connectivity index (χ3v) is 3.88. The van der Waals surface area contributed by atoms with Gasteiger partial charge in [-0.3, -0.25) is 10.2 Å². The highest BCUT2D eigenvalue weighted by Crippen LogP contribution is 2.21. The zero-order chi connectivity index (χ0) is 21.8. The number of alkyl halides is 3. The van der Waals surface area contributed by atoms with Gasteiger partial charge in [0.15, 0.2) is 0 Å². The molecule has 29 heavy (non-hydrogen) atoms. The Morgan fingerprint density at radius 2 is 1.66 bits per heavy atom. The first-order chi connectivity index (χ1) is 13.5. The fourth-order valence-corrected chi connectivity index (χ4v) is 2.60. The lowest BCUT2D eigenvalue weighted by Crippen LogP contribution is -2.21. The van der Waals surface area contributed by atoms with Gasteiger partial charge in [0, 0.05) is 23.0 Å². The second kappa shape index (κ2) is 8.46. The minimum Gasteiger partial charge on any atom is -0.475 e. The number of para-hydroxylation sites is 1. The Morgan fingerprint density at radius 3 is 2.21 bits per heavy atom. The Kier molecular flexibility index (Phi) is 6.27. The van der Waals surface area contributed by atoms with E-state index in [1.54, 1.807) is 12.1 Å². The number of aromatic nitrogens is 1. The highest BCUT2D eigenvalue weighted by molar-refractivity contribution is 5.98. The molecule has 1 aromatic heterocycles. The van der Waals surface area contributed by atoms with Crippen molar-refractivity contribution in [2.75, 3.05) is 0 Å². The van der Waals surface area contributed by atoms with Crippen LogP contribution in [0.5, 0.6) is 0 Å². The zero-order valence-electron chi connectivity index (χ0n) is 14.9. The highest BCUT2D eigenvalue weighted by Gasteiger charge is 2.38. The molecule has 3 aromatic rings. The van der Waals surface area contributed by atoms with Gasteiger partial charge >= 0.3 is 12.1 Å². The summed E-state index contributed by atoms with van der Waals surface area (Å²) in [4.78, 5) is 20.6. The first kappa shape index (κ1) is 21.5. The maximum Gasteiger partial charge on any atom is 0.490 e. The summed E-state index contributed by atoms with van der Waals surface area (Å²) in [6, 6.07) is 17.0. The number of nitrogens with one attached hydrogen (secondary N) is 1. The molecule has 0 bridgehead atoms. The lowest BCUT2D eigenvalue weighted by Gasteiger charge is -2.10. The number of nitrogen functional groups attached to an aromatic ring is 1. The van der Waals surface area contributed by atoms with Crippen molar-refractivity contribution < 1.29 is 27.9 Å². The molecule has 0 unspecified atom stereocenters. The number of carbonyl (C=O) groups excluding carboxylic acids is 1. The molecule has 0 radical (unpaired) electrons. The van der Waals surface area contributed by atoms with Crippen LogP contribution < -0.4 is 11.5 Å². The van der Waals surface area contributed by atoms with Gasteiger partial charge in [-0.2, -0.15) is 13.2 Å². The molecular weight excluding hydrogens is 389 g/mol. The summed E-state index contributed by atoms with van der Waals surface area (Å²) < 4.78 is 33.6. The van der Waals surface area contributed by atoms with E-state index in [1.807, 2.05) is 47.0 Å². The predicted octanol–water partition coefficient (Wildman–Crippen LogP) is 2.71. The van der Waals surface area contributed by atoms with Gasteiger partial charge in [-0.25, -0.2) is 4.79 Å². The fourth-order valence-electron chi connectivity index (χ4n) is 2.60. The molecular formula is C19H17F3N4O3. The number of rotatable bonds is 4. The van der Waals surface area contributed by atoms with Crippen LogP contribution in [-0.4, -0.2) is 33.6 Å². The molecule has 0 atom stereocenters. The van der Waals surface area contributed by atoms with Crippen LogP contribution in [-0.2, 0) is 11.3 Å². The van der Waals surface area contributed by atoms with Gasteiger partial charge < -0.3 is 21.1 Å². The topological polar surface area (TPSA) is 135 Å². The molecule has 0 fully saturated rings. The average Bonchev–Trinajstić information content (AvgIpc) is 3.01. The van der Waals surface area contributed by atoms with E-state index in [2.05, 4.69) is 0 Å². The third-order valence-electron chi connectivity index (χ3n) is 3.88. The number of nitrogens with two attached hydrogens (primary N) is 2. The van der Waals surface area contributed by atoms with Crippen molar-refractivity contribution in [3.8, 4) is 0 Å². The Labute approximate surface area is 162 Å². The summed E-state index contributed by atoms with van der Waals surface area (Å²) in [6.07, 6.45) is -5.08. The van der Waals surface area contributed by atoms with Crippen LogP contribution in [0, 0.1) is 5.41 Å². The molecule has 1 amide bonds. The molecule has 0 aliphatic carbocycles. The molecule has 2 aromatic carbocycles. The summed E-state index contributed by atoms with van der Waals surface area (Å²) >= 11 is 0. The number of carboxylic acids is 1. The van der Waals surface area contributed by atoms with E-state index in [0.29, 0.717) is 17.8 Å². The van der Waals surface area contributed by atoms with Crippen LogP contribution in [0.15, 0.2) is 54.6 Å². The Bertz CT molecular complexity index is 1070. The SMILES string of the molecule is N=C(N)c1cccc(Cn2c(C(N)=O)cc3ccccc32)c1.O=C(O)C(F)(F)F. The van der Waals surface area contributed by atoms with Crippen molar-refractivity contribution in [2.45, 2.75) is 12.7 Å². The maximum atomic E-state index is 11.7. The summed E-state index contributed by atoms with van der Waals surface area (Å²) in [7, 11) is 0. The first-order valence-electron chi connectivity index (χ1n) is 8.12. The van der Waals surface area contributed by atoms with E-state index in [9.17, 15) is 18.0 Å². The molecule has 1 heterocycles. The van der Waals surface area contributed by atoms with Crippen LogP contribution in [0.4, 0.5) is 13.2 Å². The minimum atomic E-state index is -5.08. The predicted molar refractivity (Wildman–Crippen MR) is 101 cm³/mol. The van der Waals surface area contributed by atoms with Gasteiger partial charge in [-0.05, 0) is 23.8 Å². The van der Waals surface area contributed by atoms with Crippen LogP contribution in [0.25, 0.3) is 10.9 Å². The highest BCUT2D eigenvalue weighted by atomic mass is 19.4. The Morgan fingerprint density at radius 1 is 1.03 bits per heavy atom. The van der Waals surface area contributed by atoms with Crippen LogP contribution in [0.2, 0.25) is 0 Å². The van der Waals surface area contributed by atoms with E-state index in [4.69, 9.17) is 26.8 Å². The van der Waals surface area contributed by atoms with Crippen LogP contribution in [0.1, 0.15) is 21.6 Å². The summed E-state index contributed by atoms with van der Waals surface area (Å²) in [5.41, 5.74) is 14.1. The Hall–Kier alpha value is -3.82. The largest absolute Gasteiger partial charge is 0.490 e. The number of carbonyl (C=O) groups is 2. The van der Waals surface area contributed by atoms with Crippen LogP contribution >= 0.6 is 0 Å². The van der Waals surface area contributed by atoms with Gasteiger partial charge in [-0.1, -0.05) is 36.4 Å². The normalized spacial score (nSPS) is 10.9. The number of halogens is 3. The number of benzene rings is 2. The number of hydrogen-bond donors (Lipinski definition) is 4. The summed E-state index contributed by atoms with van der Waals surface area (Å²) in [5, 5.41) is 15.6. The number of nitrogens with zero attached hydrogens (tertiary/aromatic N) is 1. The number of aliphatic carboxylic acids is 1. The Balaban J connectivity index is 0.000000370. The van der Waals surface area contributed by atoms with Gasteiger partial charge in [0.1, 0.15) is 11.5 Å². The van der Waals surface area contributed by atoms with E-state index >= 15 is 0 Å². The quantitative estimate of drug-likeness (QED) is 0.391. The molecule has 0 spiro atoms. The van der Waals surface area contributed by atoms with Gasteiger partial charge in [0.05, 0.1) is 0 Å². The van der Waals surface area contributed by atoms with Crippen molar-refractivity contribution in [3.63, 3.8) is 0 Å². The fraction of sp³-hybridized carbons (Fsp3) is 0.105. The monoisotopic (exact) mass is 406 g/mol. The van der Waals surface area contributed by atoms with E-state index in [-0.39, 0.29) is 5.84 Å². The van der Waals surface area contributed by atoms with E-state index < -0.39 is 18.1 Å². The molecule has 3 rings (SSSR count). The number of amidine groups is 1. The number of carboxylic acid groups (broad SMARTS) is 1. The van der Waals surface area contributed by atoms with Gasteiger partial charge in [0.2, 0.25) is 0 Å². The third kappa shape index (κ3) is 5.34. The minimum absolute atomic E-state index is 0.0225. The molecule has 7 nitrogen and oxygen atoms in total. The van der Waals surface area contributed by atoms with Gasteiger partial charge in [0.25, 0.3) is 5.91 Å². The van der Waals surface area contributed by atoms with Crippen LogP contribution in [0.3, 0.4) is 0 Å². The number of amides is 1. The molecule has 0 saturated heterocycles. The van der Waals surface area contributed by atoms with Gasteiger partial charge in [-0.15, -0.1) is 0 Å². The van der Waals surface area contributed by atoms with Crippen molar-refractivity contribution in [2.24, 2.45) is 11.5 Å². The van der Waals surface area contributed by atoms with E-state index in [0.717, 1.165) is 16.5 Å². The van der Waals surface area contributed by atoms with Crippen molar-refractivity contribution in [1.82, 2.24) is 4.57 Å². The second-order valence-corrected chi connectivity index (χ2v) is 5.96. The molecule has 6 N–H and O–H groups in total. The standard InChI is InChI=1S/C17H16N4O.C2HF3O2/c18-16(19)13-6-3-4-11(8-13)10-21-14-7-2-1-5-12(14)9-15(21)17(20)22;3-2(4,5)1(6)7/h1-9H,10H2,(H3,18,19)(H2,20,22);(H,6,7). The average molecular weight is 406 g/mol. The van der Waals surface area contributed by atoms with Crippen molar-refractivity contribution in [1.29, 1.82) is 5.41 Å². The molecule has 10 heteroatoms. The van der Waals surface area contributed by atoms with E-state index in [1.165, 1.54) is 0 Å². The smallest absolute Gasteiger partial charge is 0.475 e. The van der Waals surface area contributed by atoms with Crippen molar-refractivity contribution in [3.05, 3.63) is 71.4 Å². The zero-order valence-corrected chi connectivity index (χ0v) is 14.9. The molecule has 152 valence electrons. The molecule has 0 saturated carbocycles. The molecule has 0 aliphatic rings. The van der Waals surface area contributed by atoms with Crippen molar-refractivity contribution >= 4 is 28.6 Å². The second-order valence-electron chi connectivity index (χ2n) is 5.96.